The molecular formula is C19H28N4O3. The lowest BCUT2D eigenvalue weighted by molar-refractivity contribution is -0.384. The number of rotatable bonds is 7. The van der Waals surface area contributed by atoms with Gasteiger partial charge in [0.2, 0.25) is 0 Å². The van der Waals surface area contributed by atoms with Crippen molar-refractivity contribution in [2.24, 2.45) is 10.4 Å². The summed E-state index contributed by atoms with van der Waals surface area (Å²) < 4.78 is 5.91. The molecule has 2 unspecified atom stereocenters. The van der Waals surface area contributed by atoms with Crippen LogP contribution in [0.5, 0.6) is 0 Å². The monoisotopic (exact) mass is 360 g/mol. The minimum absolute atomic E-state index is 0.0997. The molecule has 1 spiro atoms. The van der Waals surface area contributed by atoms with Gasteiger partial charge >= 0.3 is 0 Å². The average Bonchev–Trinajstić information content (AvgIpc) is 2.57. The van der Waals surface area contributed by atoms with Crippen LogP contribution in [0.1, 0.15) is 45.1 Å². The Bertz CT molecular complexity index is 673. The fourth-order valence-electron chi connectivity index (χ4n) is 4.06. The Morgan fingerprint density at radius 3 is 2.85 bits per heavy atom. The summed E-state index contributed by atoms with van der Waals surface area (Å²) in [5.74, 6) is 0.769. The van der Waals surface area contributed by atoms with Crippen molar-refractivity contribution in [3.05, 3.63) is 39.9 Å². The molecule has 1 aromatic carbocycles. The number of nitro benzene ring substituents is 1. The Balaban J connectivity index is 1.65. The summed E-state index contributed by atoms with van der Waals surface area (Å²) in [4.78, 5) is 15.2. The van der Waals surface area contributed by atoms with Crippen LogP contribution in [-0.2, 0) is 11.3 Å². The van der Waals surface area contributed by atoms with Gasteiger partial charge in [-0.1, -0.05) is 18.6 Å². The number of non-ortho nitro benzene ring substituents is 1. The molecular weight excluding hydrogens is 332 g/mol. The third kappa shape index (κ3) is 3.67. The minimum Gasteiger partial charge on any atom is -0.378 e. The Kier molecular flexibility index (Phi) is 5.76. The summed E-state index contributed by atoms with van der Waals surface area (Å²) >= 11 is 0. The molecule has 0 aliphatic heterocycles. The molecule has 142 valence electrons. The third-order valence-corrected chi connectivity index (χ3v) is 5.63. The zero-order chi connectivity index (χ0) is 18.6. The lowest BCUT2D eigenvalue weighted by Crippen LogP contribution is -2.68. The summed E-state index contributed by atoms with van der Waals surface area (Å²) in [6.45, 7) is 6.03. The van der Waals surface area contributed by atoms with Crippen molar-refractivity contribution in [1.29, 1.82) is 0 Å². The first-order valence-electron chi connectivity index (χ1n) is 9.49. The summed E-state index contributed by atoms with van der Waals surface area (Å²) in [5.41, 5.74) is 1.19. The maximum atomic E-state index is 10.9. The lowest BCUT2D eigenvalue weighted by atomic mass is 9.51. The molecule has 2 atom stereocenters. The van der Waals surface area contributed by atoms with Crippen molar-refractivity contribution in [2.45, 2.75) is 58.2 Å². The number of nitro groups is 1. The number of aliphatic imine (C=N–C) groups is 1. The van der Waals surface area contributed by atoms with E-state index in [-0.39, 0.29) is 16.0 Å². The lowest BCUT2D eigenvalue weighted by Gasteiger charge is -2.61. The Hall–Kier alpha value is -2.15. The molecule has 2 aliphatic rings. The van der Waals surface area contributed by atoms with Gasteiger partial charge < -0.3 is 15.4 Å². The number of hydrogen-bond donors (Lipinski definition) is 2. The minimum atomic E-state index is -0.376. The SMILES string of the molecule is CCNC(=NCc1cccc([N+](=O)[O-])c1)NC1CC(OCC)C12CCC2. The molecule has 2 N–H and O–H groups in total. The molecule has 7 nitrogen and oxygen atoms in total. The normalized spacial score (nSPS) is 23.8. The van der Waals surface area contributed by atoms with Crippen LogP contribution in [0.25, 0.3) is 0 Å². The Morgan fingerprint density at radius 1 is 1.42 bits per heavy atom. The standard InChI is InChI=1S/C19H28N4O3/c1-3-20-18(21-13-14-7-5-8-15(11-14)23(24)25)22-16-12-17(26-4-2)19(16)9-6-10-19/h5,7-8,11,16-17H,3-4,6,9-10,12-13H2,1-2H3,(H2,20,21,22). The van der Waals surface area contributed by atoms with Crippen molar-refractivity contribution in [3.63, 3.8) is 0 Å². The molecule has 7 heteroatoms. The highest BCUT2D eigenvalue weighted by molar-refractivity contribution is 5.80. The molecule has 0 radical (unpaired) electrons. The van der Waals surface area contributed by atoms with Gasteiger partial charge in [0.1, 0.15) is 0 Å². The second-order valence-corrected chi connectivity index (χ2v) is 7.09. The van der Waals surface area contributed by atoms with Gasteiger partial charge in [-0.05, 0) is 38.7 Å². The van der Waals surface area contributed by atoms with Crippen LogP contribution >= 0.6 is 0 Å². The van der Waals surface area contributed by atoms with Crippen molar-refractivity contribution in [3.8, 4) is 0 Å². The highest BCUT2D eigenvalue weighted by Crippen LogP contribution is 2.57. The number of hydrogen-bond acceptors (Lipinski definition) is 4. The van der Waals surface area contributed by atoms with E-state index in [1.807, 2.05) is 13.0 Å². The highest BCUT2D eigenvalue weighted by atomic mass is 16.6. The van der Waals surface area contributed by atoms with E-state index in [0.717, 1.165) is 31.1 Å². The van der Waals surface area contributed by atoms with Crippen LogP contribution in [0.15, 0.2) is 29.3 Å². The molecule has 2 fully saturated rings. The van der Waals surface area contributed by atoms with Gasteiger partial charge in [0, 0.05) is 36.7 Å². The highest BCUT2D eigenvalue weighted by Gasteiger charge is 2.59. The summed E-state index contributed by atoms with van der Waals surface area (Å²) in [6, 6.07) is 7.03. The first-order chi connectivity index (χ1) is 12.6. The van der Waals surface area contributed by atoms with E-state index in [2.05, 4.69) is 22.5 Å². The maximum absolute atomic E-state index is 10.9. The van der Waals surface area contributed by atoms with Crippen LogP contribution < -0.4 is 10.6 Å². The van der Waals surface area contributed by atoms with Crippen molar-refractivity contribution in [2.75, 3.05) is 13.2 Å². The van der Waals surface area contributed by atoms with Crippen LogP contribution in [0, 0.1) is 15.5 Å². The van der Waals surface area contributed by atoms with Gasteiger partial charge in [-0.25, -0.2) is 4.99 Å². The smallest absolute Gasteiger partial charge is 0.269 e. The second kappa shape index (κ2) is 8.03. The van der Waals surface area contributed by atoms with Crippen molar-refractivity contribution < 1.29 is 9.66 Å². The van der Waals surface area contributed by atoms with E-state index in [1.54, 1.807) is 12.1 Å². The molecule has 26 heavy (non-hydrogen) atoms. The van der Waals surface area contributed by atoms with E-state index in [0.29, 0.717) is 18.7 Å². The maximum Gasteiger partial charge on any atom is 0.269 e. The van der Waals surface area contributed by atoms with Gasteiger partial charge in [-0.15, -0.1) is 0 Å². The predicted molar refractivity (Wildman–Crippen MR) is 101 cm³/mol. The van der Waals surface area contributed by atoms with Gasteiger partial charge in [-0.3, -0.25) is 10.1 Å². The van der Waals surface area contributed by atoms with E-state index < -0.39 is 0 Å². The molecule has 0 aromatic heterocycles. The third-order valence-electron chi connectivity index (χ3n) is 5.63. The molecule has 0 amide bonds. The fraction of sp³-hybridized carbons (Fsp3) is 0.632. The number of nitrogens with one attached hydrogen (secondary N) is 2. The van der Waals surface area contributed by atoms with Gasteiger partial charge in [0.25, 0.3) is 5.69 Å². The molecule has 0 saturated heterocycles. The Labute approximate surface area is 154 Å². The van der Waals surface area contributed by atoms with Crippen LogP contribution in [0.4, 0.5) is 5.69 Å². The summed E-state index contributed by atoms with van der Waals surface area (Å²) in [6.07, 6.45) is 5.05. The van der Waals surface area contributed by atoms with Crippen molar-refractivity contribution >= 4 is 11.6 Å². The first kappa shape index (κ1) is 18.6. The van der Waals surface area contributed by atoms with Crippen LogP contribution in [0.2, 0.25) is 0 Å². The summed E-state index contributed by atoms with van der Waals surface area (Å²) in [5, 5.41) is 17.8. The average molecular weight is 360 g/mol. The van der Waals surface area contributed by atoms with E-state index >= 15 is 0 Å². The van der Waals surface area contributed by atoms with Gasteiger partial charge in [0.05, 0.1) is 17.6 Å². The van der Waals surface area contributed by atoms with E-state index in [4.69, 9.17) is 4.74 Å². The molecule has 2 aliphatic carbocycles. The quantitative estimate of drug-likeness (QED) is 0.338. The zero-order valence-corrected chi connectivity index (χ0v) is 15.5. The largest absolute Gasteiger partial charge is 0.378 e. The molecule has 2 saturated carbocycles. The number of guanidine groups is 1. The zero-order valence-electron chi connectivity index (χ0n) is 15.5. The first-order valence-corrected chi connectivity index (χ1v) is 9.49. The number of benzene rings is 1. The molecule has 0 heterocycles. The number of nitrogens with zero attached hydrogens (tertiary/aromatic N) is 2. The molecule has 0 bridgehead atoms. The van der Waals surface area contributed by atoms with Crippen LogP contribution in [-0.4, -0.2) is 36.2 Å². The topological polar surface area (TPSA) is 88.8 Å². The fourth-order valence-corrected chi connectivity index (χ4v) is 4.06. The second-order valence-electron chi connectivity index (χ2n) is 7.09. The molecule has 1 aromatic rings. The van der Waals surface area contributed by atoms with Crippen molar-refractivity contribution in [1.82, 2.24) is 10.6 Å². The molecule has 3 rings (SSSR count). The van der Waals surface area contributed by atoms with Gasteiger partial charge in [-0.2, -0.15) is 0 Å². The Morgan fingerprint density at radius 2 is 2.23 bits per heavy atom. The number of ether oxygens (including phenoxy) is 1. The predicted octanol–water partition coefficient (Wildman–Crippen LogP) is 3.00. The van der Waals surface area contributed by atoms with E-state index in [9.17, 15) is 10.1 Å². The van der Waals surface area contributed by atoms with Gasteiger partial charge in [0.15, 0.2) is 5.96 Å². The summed E-state index contributed by atoms with van der Waals surface area (Å²) in [7, 11) is 0. The van der Waals surface area contributed by atoms with Crippen LogP contribution in [0.3, 0.4) is 0 Å². The van der Waals surface area contributed by atoms with E-state index in [1.165, 1.54) is 25.3 Å².